The van der Waals surface area contributed by atoms with Crippen molar-refractivity contribution >= 4 is 11.0 Å². The molecule has 0 spiro atoms. The summed E-state index contributed by atoms with van der Waals surface area (Å²) in [5.74, 6) is 1.25. The summed E-state index contributed by atoms with van der Waals surface area (Å²) in [6.45, 7) is 1.78. The average molecular weight is 401 g/mol. The van der Waals surface area contributed by atoms with Crippen LogP contribution in [0.1, 0.15) is 17.0 Å². The summed E-state index contributed by atoms with van der Waals surface area (Å²) in [6, 6.07) is 13.6. The zero-order chi connectivity index (χ0) is 20.6. The summed E-state index contributed by atoms with van der Waals surface area (Å²) >= 11 is 0. The Morgan fingerprint density at radius 2 is 1.79 bits per heavy atom. The van der Waals surface area contributed by atoms with Gasteiger partial charge in [-0.3, -0.25) is 0 Å². The molecule has 148 valence electrons. The number of oxazole rings is 1. The third kappa shape index (κ3) is 3.87. The van der Waals surface area contributed by atoms with Crippen LogP contribution in [0.25, 0.3) is 22.4 Å². The van der Waals surface area contributed by atoms with E-state index in [-0.39, 0.29) is 23.3 Å². The maximum Gasteiger partial charge on any atom is 0.417 e. The molecule has 5 nitrogen and oxygen atoms in total. The molecule has 2 aromatic heterocycles. The fourth-order valence-corrected chi connectivity index (χ4v) is 2.89. The van der Waals surface area contributed by atoms with Gasteiger partial charge in [0.25, 0.3) is 0 Å². The topological polar surface area (TPSA) is 65.5 Å². The van der Waals surface area contributed by atoms with Crippen LogP contribution in [0.2, 0.25) is 0 Å². The second-order valence-corrected chi connectivity index (χ2v) is 6.31. The molecular formula is C21H14F3NO4. The molecule has 8 heteroatoms. The van der Waals surface area contributed by atoms with Gasteiger partial charge < -0.3 is 13.6 Å². The molecule has 0 saturated carbocycles. The van der Waals surface area contributed by atoms with Gasteiger partial charge in [-0.2, -0.15) is 13.2 Å². The molecule has 29 heavy (non-hydrogen) atoms. The van der Waals surface area contributed by atoms with Gasteiger partial charge in [0.2, 0.25) is 5.89 Å². The third-order valence-corrected chi connectivity index (χ3v) is 4.31. The van der Waals surface area contributed by atoms with Gasteiger partial charge in [0.05, 0.1) is 5.56 Å². The second-order valence-electron chi connectivity index (χ2n) is 6.31. The van der Waals surface area contributed by atoms with Gasteiger partial charge in [0, 0.05) is 23.1 Å². The summed E-state index contributed by atoms with van der Waals surface area (Å²) < 4.78 is 55.6. The van der Waals surface area contributed by atoms with E-state index in [1.165, 1.54) is 18.2 Å². The van der Waals surface area contributed by atoms with Crippen molar-refractivity contribution in [2.45, 2.75) is 19.7 Å². The first-order chi connectivity index (χ1) is 13.8. The molecule has 0 bridgehead atoms. The summed E-state index contributed by atoms with van der Waals surface area (Å²) in [7, 11) is 0. The third-order valence-electron chi connectivity index (χ3n) is 4.31. The van der Waals surface area contributed by atoms with E-state index in [0.717, 1.165) is 5.56 Å². The SMILES string of the molecule is Cc1oc(-c2ccccc2)nc1COc1ccc2c(C(F)(F)F)cc(=O)oc2c1. The van der Waals surface area contributed by atoms with Gasteiger partial charge in [-0.05, 0) is 31.2 Å². The largest absolute Gasteiger partial charge is 0.487 e. The minimum atomic E-state index is -4.66. The van der Waals surface area contributed by atoms with Gasteiger partial charge in [0.1, 0.15) is 29.4 Å². The first-order valence-electron chi connectivity index (χ1n) is 8.61. The minimum absolute atomic E-state index is 0.0386. The minimum Gasteiger partial charge on any atom is -0.487 e. The lowest BCUT2D eigenvalue weighted by molar-refractivity contribution is -0.136. The predicted octanol–water partition coefficient (Wildman–Crippen LogP) is 5.35. The van der Waals surface area contributed by atoms with Crippen molar-refractivity contribution < 1.29 is 26.7 Å². The van der Waals surface area contributed by atoms with Crippen molar-refractivity contribution in [3.63, 3.8) is 0 Å². The van der Waals surface area contributed by atoms with E-state index < -0.39 is 17.4 Å². The van der Waals surface area contributed by atoms with Gasteiger partial charge in [-0.1, -0.05) is 18.2 Å². The maximum absolute atomic E-state index is 13.1. The van der Waals surface area contributed by atoms with E-state index in [1.807, 2.05) is 30.3 Å². The van der Waals surface area contributed by atoms with Crippen LogP contribution >= 0.6 is 0 Å². The van der Waals surface area contributed by atoms with Crippen molar-refractivity contribution in [1.29, 1.82) is 0 Å². The number of fused-ring (bicyclic) bond motifs is 1. The number of alkyl halides is 3. The Bertz CT molecular complexity index is 1230. The number of hydrogen-bond donors (Lipinski definition) is 0. The fourth-order valence-electron chi connectivity index (χ4n) is 2.89. The van der Waals surface area contributed by atoms with E-state index in [9.17, 15) is 18.0 Å². The standard InChI is InChI=1S/C21H14F3NO4/c1-12-17(25-20(28-12)13-5-3-2-4-6-13)11-27-14-7-8-15-16(21(22,23)24)10-19(26)29-18(15)9-14/h2-10H,11H2,1H3. The Morgan fingerprint density at radius 3 is 2.52 bits per heavy atom. The molecule has 0 aliphatic rings. The molecule has 4 aromatic rings. The molecule has 0 aliphatic heterocycles. The summed E-state index contributed by atoms with van der Waals surface area (Å²) in [5.41, 5.74) is -0.968. The lowest BCUT2D eigenvalue weighted by atomic mass is 10.1. The van der Waals surface area contributed by atoms with Crippen LogP contribution < -0.4 is 10.4 Å². The molecule has 0 N–H and O–H groups in total. The fraction of sp³-hybridized carbons (Fsp3) is 0.143. The lowest BCUT2D eigenvalue weighted by Crippen LogP contribution is -2.11. The maximum atomic E-state index is 13.1. The van der Waals surface area contributed by atoms with Crippen molar-refractivity contribution in [1.82, 2.24) is 4.98 Å². The van der Waals surface area contributed by atoms with E-state index in [2.05, 4.69) is 4.98 Å². The van der Waals surface area contributed by atoms with E-state index >= 15 is 0 Å². The number of benzene rings is 2. The van der Waals surface area contributed by atoms with Crippen LogP contribution in [-0.2, 0) is 12.8 Å². The number of aromatic nitrogens is 1. The van der Waals surface area contributed by atoms with E-state index in [1.54, 1.807) is 6.92 Å². The Hall–Kier alpha value is -3.55. The highest BCUT2D eigenvalue weighted by molar-refractivity contribution is 5.82. The van der Waals surface area contributed by atoms with Gasteiger partial charge in [-0.15, -0.1) is 0 Å². The molecule has 2 heterocycles. The molecule has 4 rings (SSSR count). The van der Waals surface area contributed by atoms with E-state index in [0.29, 0.717) is 23.4 Å². The van der Waals surface area contributed by atoms with Gasteiger partial charge in [0.15, 0.2) is 0 Å². The van der Waals surface area contributed by atoms with Crippen LogP contribution in [0.3, 0.4) is 0 Å². The zero-order valence-electron chi connectivity index (χ0n) is 15.1. The lowest BCUT2D eigenvalue weighted by Gasteiger charge is -2.10. The van der Waals surface area contributed by atoms with Crippen molar-refractivity contribution in [2.24, 2.45) is 0 Å². The zero-order valence-corrected chi connectivity index (χ0v) is 15.1. The van der Waals surface area contributed by atoms with Crippen LogP contribution in [-0.4, -0.2) is 4.98 Å². The van der Waals surface area contributed by atoms with Crippen LogP contribution in [0, 0.1) is 6.92 Å². The van der Waals surface area contributed by atoms with Gasteiger partial charge in [-0.25, -0.2) is 9.78 Å². The Labute approximate surface area is 162 Å². The highest BCUT2D eigenvalue weighted by Gasteiger charge is 2.33. The quantitative estimate of drug-likeness (QED) is 0.431. The van der Waals surface area contributed by atoms with Crippen molar-refractivity contribution in [3.8, 4) is 17.2 Å². The number of aryl methyl sites for hydroxylation is 1. The number of hydrogen-bond acceptors (Lipinski definition) is 5. The molecule has 0 amide bonds. The molecule has 0 saturated heterocycles. The van der Waals surface area contributed by atoms with Crippen molar-refractivity contribution in [3.05, 3.63) is 82.0 Å². The molecular weight excluding hydrogens is 387 g/mol. The summed E-state index contributed by atoms with van der Waals surface area (Å²) in [5, 5.41) is -0.214. The number of nitrogens with zero attached hydrogens (tertiary/aromatic N) is 1. The summed E-state index contributed by atoms with van der Waals surface area (Å²) in [6.07, 6.45) is -4.66. The molecule has 2 aromatic carbocycles. The number of halogens is 3. The highest BCUT2D eigenvalue weighted by Crippen LogP contribution is 2.35. The Morgan fingerprint density at radius 1 is 1.03 bits per heavy atom. The van der Waals surface area contributed by atoms with Crippen LogP contribution in [0.5, 0.6) is 5.75 Å². The Kier molecular flexibility index (Phi) is 4.62. The Balaban J connectivity index is 1.60. The monoisotopic (exact) mass is 401 g/mol. The van der Waals surface area contributed by atoms with Gasteiger partial charge >= 0.3 is 11.8 Å². The first-order valence-corrected chi connectivity index (χ1v) is 8.61. The average Bonchev–Trinajstić information content (AvgIpc) is 3.06. The predicted molar refractivity (Wildman–Crippen MR) is 98.5 cm³/mol. The molecule has 0 atom stereocenters. The smallest absolute Gasteiger partial charge is 0.417 e. The molecule has 0 fully saturated rings. The molecule has 0 aliphatic carbocycles. The van der Waals surface area contributed by atoms with E-state index in [4.69, 9.17) is 13.6 Å². The number of rotatable bonds is 4. The number of ether oxygens (including phenoxy) is 1. The normalized spacial score (nSPS) is 11.7. The highest BCUT2D eigenvalue weighted by atomic mass is 19.4. The van der Waals surface area contributed by atoms with Crippen molar-refractivity contribution in [2.75, 3.05) is 0 Å². The first kappa shape index (κ1) is 18.8. The van der Waals surface area contributed by atoms with Crippen LogP contribution in [0.4, 0.5) is 13.2 Å². The second kappa shape index (κ2) is 7.12. The summed E-state index contributed by atoms with van der Waals surface area (Å²) in [4.78, 5) is 15.9. The molecule has 0 radical (unpaired) electrons. The molecule has 0 unspecified atom stereocenters. The van der Waals surface area contributed by atoms with Crippen LogP contribution in [0.15, 0.2) is 68.2 Å².